The summed E-state index contributed by atoms with van der Waals surface area (Å²) in [5.41, 5.74) is 0. The molecule has 0 aromatic rings. The maximum atomic E-state index is 10.4. The number of hydrogen-bond acceptors (Lipinski definition) is 5. The molecular weight excluding hydrogens is 154 g/mol. The number of hydrogen-bond donors (Lipinski definition) is 2. The van der Waals surface area contributed by atoms with Gasteiger partial charge in [0.25, 0.3) is 0 Å². The van der Waals surface area contributed by atoms with E-state index in [2.05, 4.69) is 9.47 Å². The van der Waals surface area contributed by atoms with E-state index in [-0.39, 0.29) is 0 Å². The predicted molar refractivity (Wildman–Crippen MR) is 33.6 cm³/mol. The molecule has 0 aliphatic rings. The number of carbonyl (C=O) groups is 2. The molecule has 0 radical (unpaired) electrons. The Balaban J connectivity index is 3.77. The van der Waals surface area contributed by atoms with Gasteiger partial charge in [-0.2, -0.15) is 0 Å². The fraction of sp³-hybridized carbons (Fsp3) is 0.600. The number of rotatable bonds is 2. The van der Waals surface area contributed by atoms with Gasteiger partial charge in [-0.1, -0.05) is 0 Å². The van der Waals surface area contributed by atoms with Crippen LogP contribution in [0.2, 0.25) is 0 Å². The first-order chi connectivity index (χ1) is 5.11. The molecule has 64 valence electrons. The minimum atomic E-state index is -1.67. The molecule has 0 aliphatic heterocycles. The highest BCUT2D eigenvalue weighted by atomic mass is 16.6. The third-order valence-electron chi connectivity index (χ3n) is 0.864. The number of nitrogens with one attached hydrogen (secondary N) is 1. The van der Waals surface area contributed by atoms with Crippen molar-refractivity contribution < 1.29 is 24.2 Å². The van der Waals surface area contributed by atoms with Crippen LogP contribution >= 0.6 is 0 Å². The first kappa shape index (κ1) is 9.70. The molecule has 6 heteroatoms. The van der Waals surface area contributed by atoms with Gasteiger partial charge in [-0.25, -0.2) is 9.59 Å². The summed E-state index contributed by atoms with van der Waals surface area (Å²) in [6.45, 7) is 0. The summed E-state index contributed by atoms with van der Waals surface area (Å²) < 4.78 is 8.20. The summed E-state index contributed by atoms with van der Waals surface area (Å²) >= 11 is 0. The average Bonchev–Trinajstić information content (AvgIpc) is 2.02. The maximum Gasteiger partial charge on any atom is 0.409 e. The number of methoxy groups -OCH3 is 2. The molecule has 0 saturated carbocycles. The standard InChI is InChI=1S/C5H9NO5/c1-10-4(8)3(7)6-5(9)11-2/h3,7H,1-2H3,(H,6,9). The summed E-state index contributed by atoms with van der Waals surface area (Å²) in [4.78, 5) is 20.8. The number of ether oxygens (including phenoxy) is 2. The second-order valence-corrected chi connectivity index (χ2v) is 1.56. The van der Waals surface area contributed by atoms with Gasteiger partial charge in [0, 0.05) is 0 Å². The molecule has 0 rings (SSSR count). The minimum Gasteiger partial charge on any atom is -0.466 e. The van der Waals surface area contributed by atoms with Crippen molar-refractivity contribution in [2.24, 2.45) is 0 Å². The van der Waals surface area contributed by atoms with Crippen molar-refractivity contribution in [1.29, 1.82) is 0 Å². The average molecular weight is 163 g/mol. The molecule has 0 aliphatic carbocycles. The lowest BCUT2D eigenvalue weighted by Crippen LogP contribution is -2.41. The maximum absolute atomic E-state index is 10.4. The first-order valence-corrected chi connectivity index (χ1v) is 2.72. The third kappa shape index (κ3) is 3.41. The number of alkyl carbamates (subject to hydrolysis) is 1. The Bertz CT molecular complexity index is 157. The normalized spacial score (nSPS) is 11.5. The van der Waals surface area contributed by atoms with Gasteiger partial charge in [0.15, 0.2) is 0 Å². The molecule has 1 atom stereocenters. The van der Waals surface area contributed by atoms with E-state index in [1.807, 2.05) is 0 Å². The largest absolute Gasteiger partial charge is 0.466 e. The highest BCUT2D eigenvalue weighted by molar-refractivity contribution is 5.79. The SMILES string of the molecule is COC(=O)NC(O)C(=O)OC. The summed E-state index contributed by atoms with van der Waals surface area (Å²) in [6, 6.07) is 0. The molecule has 11 heavy (non-hydrogen) atoms. The molecule has 0 aromatic carbocycles. The third-order valence-corrected chi connectivity index (χ3v) is 0.864. The molecule has 0 saturated heterocycles. The fourth-order valence-electron chi connectivity index (χ4n) is 0.341. The molecule has 0 bridgehead atoms. The lowest BCUT2D eigenvalue weighted by atomic mass is 10.6. The van der Waals surface area contributed by atoms with E-state index in [0.717, 1.165) is 14.2 Å². The van der Waals surface area contributed by atoms with Gasteiger partial charge in [-0.3, -0.25) is 5.32 Å². The van der Waals surface area contributed by atoms with Gasteiger partial charge >= 0.3 is 12.1 Å². The molecule has 1 unspecified atom stereocenters. The summed E-state index contributed by atoms with van der Waals surface area (Å²) in [6.07, 6.45) is -2.57. The van der Waals surface area contributed by atoms with Crippen molar-refractivity contribution in [2.75, 3.05) is 14.2 Å². The molecule has 0 spiro atoms. The molecular formula is C5H9NO5. The Morgan fingerprint density at radius 1 is 1.36 bits per heavy atom. The second kappa shape index (κ2) is 4.51. The number of aliphatic hydroxyl groups is 1. The zero-order valence-corrected chi connectivity index (χ0v) is 6.16. The zero-order chi connectivity index (χ0) is 8.85. The van der Waals surface area contributed by atoms with Crippen LogP contribution in [0.15, 0.2) is 0 Å². The van der Waals surface area contributed by atoms with Gasteiger partial charge in [0.05, 0.1) is 14.2 Å². The van der Waals surface area contributed by atoms with Crippen molar-refractivity contribution in [3.05, 3.63) is 0 Å². The monoisotopic (exact) mass is 163 g/mol. The Kier molecular flexibility index (Phi) is 3.97. The topological polar surface area (TPSA) is 84.9 Å². The van der Waals surface area contributed by atoms with E-state index >= 15 is 0 Å². The zero-order valence-electron chi connectivity index (χ0n) is 6.16. The van der Waals surface area contributed by atoms with E-state index in [9.17, 15) is 9.59 Å². The highest BCUT2D eigenvalue weighted by Crippen LogP contribution is 1.82. The Labute approximate surface area is 63.1 Å². The van der Waals surface area contributed by atoms with Crippen LogP contribution in [0, 0.1) is 0 Å². The van der Waals surface area contributed by atoms with E-state index in [1.54, 1.807) is 5.32 Å². The lowest BCUT2D eigenvalue weighted by Gasteiger charge is -2.08. The van der Waals surface area contributed by atoms with Crippen LogP contribution in [-0.4, -0.2) is 37.6 Å². The van der Waals surface area contributed by atoms with Gasteiger partial charge < -0.3 is 14.6 Å². The smallest absolute Gasteiger partial charge is 0.409 e. The second-order valence-electron chi connectivity index (χ2n) is 1.56. The van der Waals surface area contributed by atoms with Crippen molar-refractivity contribution >= 4 is 12.1 Å². The van der Waals surface area contributed by atoms with Gasteiger partial charge in [0.2, 0.25) is 6.23 Å². The molecule has 0 aromatic heterocycles. The van der Waals surface area contributed by atoms with Crippen molar-refractivity contribution in [2.45, 2.75) is 6.23 Å². The summed E-state index contributed by atoms with van der Waals surface area (Å²) in [5.74, 6) is -0.949. The Morgan fingerprint density at radius 2 is 1.91 bits per heavy atom. The van der Waals surface area contributed by atoms with Crippen LogP contribution in [0.3, 0.4) is 0 Å². The van der Waals surface area contributed by atoms with Crippen molar-refractivity contribution in [1.82, 2.24) is 5.32 Å². The Morgan fingerprint density at radius 3 is 2.27 bits per heavy atom. The Hall–Kier alpha value is -1.30. The van der Waals surface area contributed by atoms with E-state index < -0.39 is 18.3 Å². The van der Waals surface area contributed by atoms with E-state index in [4.69, 9.17) is 5.11 Å². The summed E-state index contributed by atoms with van der Waals surface area (Å²) in [5, 5.41) is 10.5. The van der Waals surface area contributed by atoms with Gasteiger partial charge in [-0.15, -0.1) is 0 Å². The van der Waals surface area contributed by atoms with Crippen LogP contribution in [0.5, 0.6) is 0 Å². The van der Waals surface area contributed by atoms with Crippen molar-refractivity contribution in [3.8, 4) is 0 Å². The predicted octanol–water partition coefficient (Wildman–Crippen LogP) is -1.17. The number of carbonyl (C=O) groups excluding carboxylic acids is 2. The number of aliphatic hydroxyl groups excluding tert-OH is 1. The van der Waals surface area contributed by atoms with Crippen LogP contribution in [-0.2, 0) is 14.3 Å². The van der Waals surface area contributed by atoms with Crippen LogP contribution < -0.4 is 5.32 Å². The summed E-state index contributed by atoms with van der Waals surface area (Å²) in [7, 11) is 2.20. The minimum absolute atomic E-state index is 0.900. The molecule has 6 nitrogen and oxygen atoms in total. The molecule has 2 N–H and O–H groups in total. The first-order valence-electron chi connectivity index (χ1n) is 2.72. The number of amides is 1. The van der Waals surface area contributed by atoms with E-state index in [0.29, 0.717) is 0 Å². The lowest BCUT2D eigenvalue weighted by molar-refractivity contribution is -0.151. The van der Waals surface area contributed by atoms with Gasteiger partial charge in [0.1, 0.15) is 0 Å². The molecule has 1 amide bonds. The van der Waals surface area contributed by atoms with Crippen molar-refractivity contribution in [3.63, 3.8) is 0 Å². The fourth-order valence-corrected chi connectivity index (χ4v) is 0.341. The van der Waals surface area contributed by atoms with E-state index in [1.165, 1.54) is 0 Å². The van der Waals surface area contributed by atoms with Crippen LogP contribution in [0.4, 0.5) is 4.79 Å². The van der Waals surface area contributed by atoms with Gasteiger partial charge in [-0.05, 0) is 0 Å². The molecule has 0 heterocycles. The molecule has 0 fully saturated rings. The number of esters is 1. The highest BCUT2D eigenvalue weighted by Gasteiger charge is 2.17. The quantitative estimate of drug-likeness (QED) is 0.396. The van der Waals surface area contributed by atoms with Crippen LogP contribution in [0.25, 0.3) is 0 Å². The van der Waals surface area contributed by atoms with Crippen LogP contribution in [0.1, 0.15) is 0 Å².